The lowest BCUT2D eigenvalue weighted by Gasteiger charge is -2.22. The number of alkyl halides is 3. The van der Waals surface area contributed by atoms with Crippen molar-refractivity contribution in [2.24, 2.45) is 0 Å². The van der Waals surface area contributed by atoms with Gasteiger partial charge < -0.3 is 5.32 Å². The van der Waals surface area contributed by atoms with E-state index in [9.17, 15) is 22.8 Å². The third-order valence-electron chi connectivity index (χ3n) is 4.45. The molecule has 164 valence electrons. The lowest BCUT2D eigenvalue weighted by Crippen LogP contribution is -2.30. The summed E-state index contributed by atoms with van der Waals surface area (Å²) in [5.74, 6) is -0.404. The molecule has 31 heavy (non-hydrogen) atoms. The number of anilines is 1. The number of carbonyl (C=O) groups excluding carboxylic acids is 1. The number of nitrogens with one attached hydrogen (secondary N) is 1. The molecule has 0 saturated carbocycles. The van der Waals surface area contributed by atoms with E-state index in [2.05, 4.69) is 15.5 Å². The molecule has 3 aromatic rings. The monoisotopic (exact) mass is 433 g/mol. The number of aromatic nitrogens is 4. The first-order valence-electron chi connectivity index (χ1n) is 9.44. The Kier molecular flexibility index (Phi) is 5.51. The van der Waals surface area contributed by atoms with Gasteiger partial charge in [0.05, 0.1) is 22.5 Å². The van der Waals surface area contributed by atoms with Crippen LogP contribution < -0.4 is 10.7 Å². The summed E-state index contributed by atoms with van der Waals surface area (Å²) in [6, 6.07) is 7.31. The molecule has 2 aromatic heterocycles. The Morgan fingerprint density at radius 3 is 2.32 bits per heavy atom. The van der Waals surface area contributed by atoms with Crippen LogP contribution >= 0.6 is 0 Å². The highest BCUT2D eigenvalue weighted by atomic mass is 19.4. The van der Waals surface area contributed by atoms with Crippen molar-refractivity contribution in [3.8, 4) is 5.69 Å². The van der Waals surface area contributed by atoms with Crippen LogP contribution in [-0.4, -0.2) is 25.5 Å². The Balaban J connectivity index is 2.03. The third-order valence-corrected chi connectivity index (χ3v) is 4.45. The number of nitrogens with zero attached hydrogens (tertiary/aromatic N) is 4. The van der Waals surface area contributed by atoms with Crippen molar-refractivity contribution in [3.05, 3.63) is 69.3 Å². The van der Waals surface area contributed by atoms with Gasteiger partial charge in [-0.1, -0.05) is 6.07 Å². The fourth-order valence-corrected chi connectivity index (χ4v) is 3.06. The number of aryl methyl sites for hydroxylation is 2. The summed E-state index contributed by atoms with van der Waals surface area (Å²) in [6.45, 7) is 9.00. The van der Waals surface area contributed by atoms with Gasteiger partial charge in [-0.25, -0.2) is 9.36 Å². The van der Waals surface area contributed by atoms with Gasteiger partial charge in [-0.05, 0) is 52.8 Å². The Bertz CT molecular complexity index is 1200. The lowest BCUT2D eigenvalue weighted by molar-refractivity contribution is -0.137. The van der Waals surface area contributed by atoms with Gasteiger partial charge in [-0.3, -0.25) is 9.59 Å². The van der Waals surface area contributed by atoms with Crippen LogP contribution in [0.15, 0.2) is 41.2 Å². The van der Waals surface area contributed by atoms with Crippen molar-refractivity contribution in [1.82, 2.24) is 19.6 Å². The van der Waals surface area contributed by atoms with E-state index in [1.165, 1.54) is 19.1 Å². The molecule has 10 heteroatoms. The highest BCUT2D eigenvalue weighted by molar-refractivity contribution is 6.02. The first-order valence-corrected chi connectivity index (χ1v) is 9.44. The van der Waals surface area contributed by atoms with Crippen LogP contribution in [0.5, 0.6) is 0 Å². The van der Waals surface area contributed by atoms with Crippen LogP contribution in [-0.2, 0) is 11.7 Å². The van der Waals surface area contributed by atoms with Crippen molar-refractivity contribution in [3.63, 3.8) is 0 Å². The van der Waals surface area contributed by atoms with Crippen molar-refractivity contribution in [2.45, 2.75) is 46.3 Å². The number of hydrogen-bond donors (Lipinski definition) is 1. The van der Waals surface area contributed by atoms with Crippen LogP contribution in [0.2, 0.25) is 0 Å². The maximum Gasteiger partial charge on any atom is 0.416 e. The molecule has 0 spiro atoms. The summed E-state index contributed by atoms with van der Waals surface area (Å²) in [4.78, 5) is 25.3. The molecule has 1 amide bonds. The van der Waals surface area contributed by atoms with E-state index in [1.807, 2.05) is 20.8 Å². The number of rotatable bonds is 3. The van der Waals surface area contributed by atoms with Crippen molar-refractivity contribution >= 4 is 11.7 Å². The molecular formula is C21H22F3N5O2. The zero-order valence-corrected chi connectivity index (χ0v) is 17.7. The van der Waals surface area contributed by atoms with Gasteiger partial charge in [0.2, 0.25) is 5.43 Å². The molecule has 0 aliphatic carbocycles. The summed E-state index contributed by atoms with van der Waals surface area (Å²) in [5, 5.41) is 11.0. The number of halogens is 3. The minimum atomic E-state index is -4.54. The Labute approximate surface area is 176 Å². The molecular weight excluding hydrogens is 411 g/mol. The third kappa shape index (κ3) is 4.68. The Morgan fingerprint density at radius 2 is 1.71 bits per heavy atom. The van der Waals surface area contributed by atoms with Gasteiger partial charge in [-0.2, -0.15) is 23.4 Å². The molecule has 3 rings (SSSR count). The zero-order chi connectivity index (χ0) is 23.1. The molecule has 0 saturated heterocycles. The predicted molar refractivity (Wildman–Crippen MR) is 109 cm³/mol. The summed E-state index contributed by atoms with van der Waals surface area (Å²) in [6.07, 6.45) is -4.54. The predicted octanol–water partition coefficient (Wildman–Crippen LogP) is 4.07. The molecule has 0 bridgehead atoms. The second-order valence-electron chi connectivity index (χ2n) is 8.17. The highest BCUT2D eigenvalue weighted by Crippen LogP contribution is 2.30. The minimum Gasteiger partial charge on any atom is -0.305 e. The average molecular weight is 433 g/mol. The minimum absolute atomic E-state index is 0.0805. The van der Waals surface area contributed by atoms with Gasteiger partial charge in [0, 0.05) is 17.8 Å². The second-order valence-corrected chi connectivity index (χ2v) is 8.17. The topological polar surface area (TPSA) is 81.8 Å². The first kappa shape index (κ1) is 22.3. The van der Waals surface area contributed by atoms with Crippen LogP contribution in [0.25, 0.3) is 5.69 Å². The molecule has 1 aromatic carbocycles. The Morgan fingerprint density at radius 1 is 1.03 bits per heavy atom. The smallest absolute Gasteiger partial charge is 0.305 e. The number of carbonyl (C=O) groups is 1. The van der Waals surface area contributed by atoms with Gasteiger partial charge in [0.25, 0.3) is 5.91 Å². The molecule has 0 atom stereocenters. The van der Waals surface area contributed by atoms with Gasteiger partial charge in [0.15, 0.2) is 5.69 Å². The molecule has 0 aliphatic heterocycles. The standard InChI is InChI=1S/C21H22F3N5O2/c1-12-9-17(29(26-12)20(3,4)5)25-19(31)18-16(30)10-13(2)28(27-18)15-8-6-7-14(11-15)21(22,23)24/h6-11H,1-5H3,(H,25,31). The van der Waals surface area contributed by atoms with E-state index >= 15 is 0 Å². The normalized spacial score (nSPS) is 12.1. The average Bonchev–Trinajstić information content (AvgIpc) is 3.01. The molecule has 0 unspecified atom stereocenters. The van der Waals surface area contributed by atoms with Gasteiger partial charge >= 0.3 is 6.18 Å². The van der Waals surface area contributed by atoms with Crippen molar-refractivity contribution in [1.29, 1.82) is 0 Å². The molecule has 0 fully saturated rings. The van der Waals surface area contributed by atoms with Crippen molar-refractivity contribution < 1.29 is 18.0 Å². The van der Waals surface area contributed by atoms with E-state index in [-0.39, 0.29) is 11.4 Å². The van der Waals surface area contributed by atoms with Crippen molar-refractivity contribution in [2.75, 3.05) is 5.32 Å². The Hall–Kier alpha value is -3.43. The number of benzene rings is 1. The van der Waals surface area contributed by atoms with E-state index in [1.54, 1.807) is 17.7 Å². The van der Waals surface area contributed by atoms with E-state index in [0.29, 0.717) is 11.5 Å². The van der Waals surface area contributed by atoms with Crippen LogP contribution in [0.4, 0.5) is 19.0 Å². The van der Waals surface area contributed by atoms with Crippen LogP contribution in [0, 0.1) is 13.8 Å². The quantitative estimate of drug-likeness (QED) is 0.675. The summed E-state index contributed by atoms with van der Waals surface area (Å²) >= 11 is 0. The van der Waals surface area contributed by atoms with E-state index < -0.39 is 34.3 Å². The summed E-state index contributed by atoms with van der Waals surface area (Å²) in [5.41, 5.74) is -1.34. The zero-order valence-electron chi connectivity index (χ0n) is 17.7. The molecule has 0 radical (unpaired) electrons. The lowest BCUT2D eigenvalue weighted by atomic mass is 10.1. The summed E-state index contributed by atoms with van der Waals surface area (Å²) in [7, 11) is 0. The summed E-state index contributed by atoms with van der Waals surface area (Å²) < 4.78 is 42.0. The maximum absolute atomic E-state index is 13.1. The second kappa shape index (κ2) is 7.68. The molecule has 1 N–H and O–H groups in total. The molecule has 7 nitrogen and oxygen atoms in total. The fraction of sp³-hybridized carbons (Fsp3) is 0.333. The fourth-order valence-electron chi connectivity index (χ4n) is 3.06. The van der Waals surface area contributed by atoms with Gasteiger partial charge in [-0.15, -0.1) is 0 Å². The SMILES string of the molecule is Cc1cc(NC(=O)c2nn(-c3cccc(C(F)(F)F)c3)c(C)cc2=O)n(C(C)(C)C)n1. The van der Waals surface area contributed by atoms with Crippen LogP contribution in [0.1, 0.15) is 48.2 Å². The highest BCUT2D eigenvalue weighted by Gasteiger charge is 2.31. The number of amides is 1. The van der Waals surface area contributed by atoms with Gasteiger partial charge in [0.1, 0.15) is 5.82 Å². The number of hydrogen-bond acceptors (Lipinski definition) is 4. The van der Waals surface area contributed by atoms with E-state index in [0.717, 1.165) is 22.9 Å². The van der Waals surface area contributed by atoms with Crippen LogP contribution in [0.3, 0.4) is 0 Å². The largest absolute Gasteiger partial charge is 0.416 e. The van der Waals surface area contributed by atoms with E-state index in [4.69, 9.17) is 0 Å². The first-order chi connectivity index (χ1) is 14.3. The maximum atomic E-state index is 13.1. The molecule has 0 aliphatic rings. The molecule has 2 heterocycles.